The highest BCUT2D eigenvalue weighted by atomic mass is 15.2. The Morgan fingerprint density at radius 1 is 1.05 bits per heavy atom. The maximum Gasteiger partial charge on any atom is 0.0332 e. The summed E-state index contributed by atoms with van der Waals surface area (Å²) in [5, 5.41) is 0. The lowest BCUT2D eigenvalue weighted by Crippen LogP contribution is -2.57. The Bertz CT molecular complexity index is 300. The summed E-state index contributed by atoms with van der Waals surface area (Å²) in [6.45, 7) is 13.1. The Hall–Kier alpha value is -0.0800. The largest absolute Gasteiger partial charge is 0.329 e. The number of nitrogens with two attached hydrogens (primary N) is 1. The Labute approximate surface area is 120 Å². The van der Waals surface area contributed by atoms with Crippen LogP contribution in [-0.2, 0) is 0 Å². The molecule has 2 fully saturated rings. The van der Waals surface area contributed by atoms with Crippen LogP contribution in [0.15, 0.2) is 0 Å². The highest BCUT2D eigenvalue weighted by Crippen LogP contribution is 2.42. The molecule has 1 saturated heterocycles. The summed E-state index contributed by atoms with van der Waals surface area (Å²) in [5.74, 6) is 1.71. The van der Waals surface area contributed by atoms with Crippen molar-refractivity contribution in [2.75, 3.05) is 19.6 Å². The number of rotatable bonds is 2. The fraction of sp³-hybridized carbons (Fsp3) is 1.00. The predicted octanol–water partition coefficient (Wildman–Crippen LogP) is 3.65. The molecule has 3 unspecified atom stereocenters. The number of likely N-dealkylation sites (tertiary alicyclic amines) is 1. The van der Waals surface area contributed by atoms with Crippen LogP contribution in [0.25, 0.3) is 0 Å². The van der Waals surface area contributed by atoms with Crippen LogP contribution in [-0.4, -0.2) is 30.1 Å². The Morgan fingerprint density at radius 3 is 2.42 bits per heavy atom. The van der Waals surface area contributed by atoms with Crippen LogP contribution in [0.1, 0.15) is 66.2 Å². The van der Waals surface area contributed by atoms with Gasteiger partial charge in [-0.1, -0.05) is 34.1 Å². The van der Waals surface area contributed by atoms with E-state index in [4.69, 9.17) is 5.73 Å². The molecule has 2 N–H and O–H groups in total. The summed E-state index contributed by atoms with van der Waals surface area (Å²) >= 11 is 0. The summed E-state index contributed by atoms with van der Waals surface area (Å²) in [4.78, 5) is 2.76. The van der Waals surface area contributed by atoms with E-state index in [1.165, 1.54) is 51.6 Å². The van der Waals surface area contributed by atoms with Gasteiger partial charge in [0.1, 0.15) is 0 Å². The van der Waals surface area contributed by atoms with Crippen LogP contribution in [0, 0.1) is 17.3 Å². The van der Waals surface area contributed by atoms with E-state index in [0.29, 0.717) is 11.0 Å². The molecule has 19 heavy (non-hydrogen) atoms. The molecule has 3 atom stereocenters. The Morgan fingerprint density at radius 2 is 1.79 bits per heavy atom. The van der Waals surface area contributed by atoms with Gasteiger partial charge in [-0.05, 0) is 55.9 Å². The molecule has 0 aromatic rings. The van der Waals surface area contributed by atoms with Gasteiger partial charge in [-0.3, -0.25) is 4.90 Å². The van der Waals surface area contributed by atoms with E-state index in [9.17, 15) is 0 Å². The maximum absolute atomic E-state index is 6.27. The summed E-state index contributed by atoms with van der Waals surface area (Å²) in [6.07, 6.45) is 8.03. The lowest BCUT2D eigenvalue weighted by Gasteiger charge is -2.48. The van der Waals surface area contributed by atoms with E-state index in [0.717, 1.165) is 18.4 Å². The van der Waals surface area contributed by atoms with Gasteiger partial charge in [0.15, 0.2) is 0 Å². The standard InChI is InChI=1S/C17H34N2/c1-14-6-11-19(12-15(14)2)17(13-18)8-5-7-16(3,4)9-10-17/h14-15H,5-13,18H2,1-4H3. The van der Waals surface area contributed by atoms with E-state index in [1.54, 1.807) is 0 Å². The first-order valence-corrected chi connectivity index (χ1v) is 8.34. The zero-order valence-corrected chi connectivity index (χ0v) is 13.5. The highest BCUT2D eigenvalue weighted by Gasteiger charge is 2.41. The van der Waals surface area contributed by atoms with Crippen molar-refractivity contribution in [3.8, 4) is 0 Å². The van der Waals surface area contributed by atoms with Crippen molar-refractivity contribution >= 4 is 0 Å². The van der Waals surface area contributed by atoms with Crippen molar-refractivity contribution in [2.24, 2.45) is 23.0 Å². The minimum atomic E-state index is 0.308. The monoisotopic (exact) mass is 266 g/mol. The molecule has 0 amide bonds. The lowest BCUT2D eigenvalue weighted by molar-refractivity contribution is 0.0191. The fourth-order valence-electron chi connectivity index (χ4n) is 4.06. The zero-order valence-electron chi connectivity index (χ0n) is 13.5. The molecule has 2 aliphatic rings. The molecule has 1 saturated carbocycles. The van der Waals surface area contributed by atoms with Gasteiger partial charge in [-0.2, -0.15) is 0 Å². The van der Waals surface area contributed by atoms with Gasteiger partial charge in [0.05, 0.1) is 0 Å². The van der Waals surface area contributed by atoms with Gasteiger partial charge in [0.2, 0.25) is 0 Å². The first kappa shape index (κ1) is 15.3. The molecule has 112 valence electrons. The van der Waals surface area contributed by atoms with E-state index in [2.05, 4.69) is 32.6 Å². The van der Waals surface area contributed by atoms with Crippen LogP contribution in [0.3, 0.4) is 0 Å². The summed E-state index contributed by atoms with van der Waals surface area (Å²) in [5.41, 5.74) is 7.09. The average molecular weight is 266 g/mol. The van der Waals surface area contributed by atoms with Crippen molar-refractivity contribution in [1.82, 2.24) is 4.90 Å². The van der Waals surface area contributed by atoms with E-state index in [-0.39, 0.29) is 0 Å². The van der Waals surface area contributed by atoms with Crippen LogP contribution in [0.2, 0.25) is 0 Å². The van der Waals surface area contributed by atoms with Crippen LogP contribution in [0.4, 0.5) is 0 Å². The third kappa shape index (κ3) is 3.33. The zero-order chi connectivity index (χ0) is 14.1. The molecule has 0 aromatic carbocycles. The van der Waals surface area contributed by atoms with Gasteiger partial charge >= 0.3 is 0 Å². The molecule has 1 aliphatic heterocycles. The molecule has 2 rings (SSSR count). The van der Waals surface area contributed by atoms with Gasteiger partial charge < -0.3 is 5.73 Å². The van der Waals surface area contributed by atoms with Gasteiger partial charge in [0, 0.05) is 18.6 Å². The quantitative estimate of drug-likeness (QED) is 0.773. The Balaban J connectivity index is 2.09. The number of nitrogens with zero attached hydrogens (tertiary/aromatic N) is 1. The molecule has 0 radical (unpaired) electrons. The third-order valence-electron chi connectivity index (χ3n) is 6.15. The second kappa shape index (κ2) is 5.73. The third-order valence-corrected chi connectivity index (χ3v) is 6.15. The smallest absolute Gasteiger partial charge is 0.0332 e. The molecule has 0 aromatic heterocycles. The molecular weight excluding hydrogens is 232 g/mol. The number of piperidine rings is 1. The molecule has 2 heteroatoms. The fourth-order valence-corrected chi connectivity index (χ4v) is 4.06. The first-order chi connectivity index (χ1) is 8.88. The lowest BCUT2D eigenvalue weighted by atomic mass is 9.80. The van der Waals surface area contributed by atoms with Crippen molar-refractivity contribution in [2.45, 2.75) is 71.8 Å². The second-order valence-corrected chi connectivity index (χ2v) is 8.14. The first-order valence-electron chi connectivity index (χ1n) is 8.34. The maximum atomic E-state index is 6.27. The molecule has 1 heterocycles. The van der Waals surface area contributed by atoms with Crippen LogP contribution in [0.5, 0.6) is 0 Å². The highest BCUT2D eigenvalue weighted by molar-refractivity contribution is 4.97. The van der Waals surface area contributed by atoms with E-state index < -0.39 is 0 Å². The van der Waals surface area contributed by atoms with Gasteiger partial charge in [-0.25, -0.2) is 0 Å². The molecular formula is C17H34N2. The predicted molar refractivity (Wildman–Crippen MR) is 83.2 cm³/mol. The van der Waals surface area contributed by atoms with Gasteiger partial charge in [-0.15, -0.1) is 0 Å². The number of hydrogen-bond donors (Lipinski definition) is 1. The van der Waals surface area contributed by atoms with Crippen molar-refractivity contribution in [3.63, 3.8) is 0 Å². The molecule has 0 spiro atoms. The molecule has 2 nitrogen and oxygen atoms in total. The summed E-state index contributed by atoms with van der Waals surface area (Å²) in [7, 11) is 0. The topological polar surface area (TPSA) is 29.3 Å². The van der Waals surface area contributed by atoms with Crippen molar-refractivity contribution in [1.29, 1.82) is 0 Å². The normalized spacial score (nSPS) is 40.9. The minimum Gasteiger partial charge on any atom is -0.329 e. The van der Waals surface area contributed by atoms with Crippen LogP contribution >= 0.6 is 0 Å². The Kier molecular flexibility index (Phi) is 4.62. The van der Waals surface area contributed by atoms with Crippen molar-refractivity contribution < 1.29 is 0 Å². The number of hydrogen-bond acceptors (Lipinski definition) is 2. The molecule has 1 aliphatic carbocycles. The summed E-state index contributed by atoms with van der Waals surface area (Å²) < 4.78 is 0. The summed E-state index contributed by atoms with van der Waals surface area (Å²) in [6, 6.07) is 0. The SMILES string of the molecule is CC1CCN(C2(CN)CCCC(C)(C)CC2)CC1C. The minimum absolute atomic E-state index is 0.308. The van der Waals surface area contributed by atoms with Gasteiger partial charge in [0.25, 0.3) is 0 Å². The van der Waals surface area contributed by atoms with Crippen molar-refractivity contribution in [3.05, 3.63) is 0 Å². The molecule has 0 bridgehead atoms. The van der Waals surface area contributed by atoms with E-state index in [1.807, 2.05) is 0 Å². The van der Waals surface area contributed by atoms with Crippen LogP contribution < -0.4 is 5.73 Å². The second-order valence-electron chi connectivity index (χ2n) is 8.14. The van der Waals surface area contributed by atoms with E-state index >= 15 is 0 Å². The average Bonchev–Trinajstić information content (AvgIpc) is 2.52.